The number of nitriles is 1. The van der Waals surface area contributed by atoms with Gasteiger partial charge in [-0.15, -0.1) is 11.3 Å². The first kappa shape index (κ1) is 14.7. The molecule has 0 fully saturated rings. The Hall–Kier alpha value is -1.75. The number of nitrogens with zero attached hydrogens (tertiary/aromatic N) is 2. The summed E-state index contributed by atoms with van der Waals surface area (Å²) in [6.45, 7) is 3.45. The maximum Gasteiger partial charge on any atom is 0.241 e. The first-order valence-electron chi connectivity index (χ1n) is 5.86. The number of hydrogen-bond acceptors (Lipinski definition) is 5. The maximum atomic E-state index is 12.3. The number of benzene rings is 1. The number of rotatable bonds is 4. The molecule has 2 rings (SSSR count). The van der Waals surface area contributed by atoms with E-state index in [0.29, 0.717) is 16.1 Å². The van der Waals surface area contributed by atoms with Crippen molar-refractivity contribution in [1.82, 2.24) is 9.71 Å². The summed E-state index contributed by atoms with van der Waals surface area (Å²) in [5.41, 5.74) is 1.11. The lowest BCUT2D eigenvalue weighted by Gasteiger charge is -2.12. The van der Waals surface area contributed by atoms with Gasteiger partial charge in [0.1, 0.15) is 5.01 Å². The van der Waals surface area contributed by atoms with Crippen molar-refractivity contribution in [1.29, 1.82) is 5.26 Å². The average Bonchev–Trinajstić information content (AvgIpc) is 2.92. The Morgan fingerprint density at radius 1 is 1.45 bits per heavy atom. The first-order chi connectivity index (χ1) is 9.44. The quantitative estimate of drug-likeness (QED) is 0.940. The Morgan fingerprint density at radius 2 is 2.20 bits per heavy atom. The van der Waals surface area contributed by atoms with E-state index in [-0.39, 0.29) is 4.90 Å². The molecule has 1 atom stereocenters. The molecule has 1 unspecified atom stereocenters. The smallest absolute Gasteiger partial charge is 0.241 e. The summed E-state index contributed by atoms with van der Waals surface area (Å²) in [4.78, 5) is 4.24. The van der Waals surface area contributed by atoms with E-state index in [2.05, 4.69) is 9.71 Å². The van der Waals surface area contributed by atoms with Crippen molar-refractivity contribution in [2.75, 3.05) is 0 Å². The van der Waals surface area contributed by atoms with E-state index < -0.39 is 16.1 Å². The Labute approximate surface area is 122 Å². The molecule has 104 valence electrons. The first-order valence-corrected chi connectivity index (χ1v) is 8.23. The van der Waals surface area contributed by atoms with E-state index in [1.54, 1.807) is 25.4 Å². The molecule has 0 amide bonds. The minimum absolute atomic E-state index is 0.150. The van der Waals surface area contributed by atoms with Crippen LogP contribution in [-0.4, -0.2) is 13.4 Å². The highest BCUT2D eigenvalue weighted by Gasteiger charge is 2.20. The molecule has 0 bridgehead atoms. The fourth-order valence-electron chi connectivity index (χ4n) is 1.73. The van der Waals surface area contributed by atoms with Crippen LogP contribution < -0.4 is 4.72 Å². The van der Waals surface area contributed by atoms with Crippen LogP contribution in [0.3, 0.4) is 0 Å². The summed E-state index contributed by atoms with van der Waals surface area (Å²) in [5.74, 6) is 0. The molecule has 1 aromatic heterocycles. The van der Waals surface area contributed by atoms with E-state index in [1.807, 2.05) is 6.07 Å². The van der Waals surface area contributed by atoms with E-state index in [0.717, 1.165) is 0 Å². The van der Waals surface area contributed by atoms with Gasteiger partial charge in [0.2, 0.25) is 10.0 Å². The number of nitrogens with one attached hydrogen (secondary N) is 1. The summed E-state index contributed by atoms with van der Waals surface area (Å²) in [6.07, 6.45) is 1.64. The van der Waals surface area contributed by atoms with Gasteiger partial charge in [-0.3, -0.25) is 0 Å². The second-order valence-electron chi connectivity index (χ2n) is 4.30. The standard InChI is InChI=1S/C13H13N3O2S2/c1-9-7-12(4-3-11(9)8-14)20(17,18)16-10(2)13-15-5-6-19-13/h3-7,10,16H,1-2H3. The molecule has 1 N–H and O–H groups in total. The van der Waals surface area contributed by atoms with Crippen LogP contribution in [0.15, 0.2) is 34.7 Å². The van der Waals surface area contributed by atoms with Crippen LogP contribution >= 0.6 is 11.3 Å². The minimum atomic E-state index is -3.63. The van der Waals surface area contributed by atoms with Gasteiger partial charge in [-0.2, -0.15) is 5.26 Å². The third kappa shape index (κ3) is 3.04. The number of aryl methyl sites for hydroxylation is 1. The van der Waals surface area contributed by atoms with Gasteiger partial charge in [0.15, 0.2) is 0 Å². The van der Waals surface area contributed by atoms with Gasteiger partial charge in [0.25, 0.3) is 0 Å². The van der Waals surface area contributed by atoms with Gasteiger partial charge < -0.3 is 0 Å². The molecule has 2 aromatic rings. The highest BCUT2D eigenvalue weighted by molar-refractivity contribution is 7.89. The largest absolute Gasteiger partial charge is 0.248 e. The monoisotopic (exact) mass is 307 g/mol. The summed E-state index contributed by atoms with van der Waals surface area (Å²) >= 11 is 1.40. The lowest BCUT2D eigenvalue weighted by Crippen LogP contribution is -2.26. The summed E-state index contributed by atoms with van der Waals surface area (Å²) in [5, 5.41) is 11.4. The molecule has 0 saturated heterocycles. The Kier molecular flexibility index (Phi) is 4.18. The number of thiazole rings is 1. The number of hydrogen-bond donors (Lipinski definition) is 1. The topological polar surface area (TPSA) is 82.8 Å². The van der Waals surface area contributed by atoms with Crippen LogP contribution in [0.5, 0.6) is 0 Å². The highest BCUT2D eigenvalue weighted by Crippen LogP contribution is 2.20. The Balaban J connectivity index is 2.27. The predicted molar refractivity (Wildman–Crippen MR) is 76.7 cm³/mol. The SMILES string of the molecule is Cc1cc(S(=O)(=O)NC(C)c2nccs2)ccc1C#N. The van der Waals surface area contributed by atoms with Crippen molar-refractivity contribution in [2.24, 2.45) is 0 Å². The summed E-state index contributed by atoms with van der Waals surface area (Å²) in [6, 6.07) is 6.06. The molecule has 0 saturated carbocycles. The van der Waals surface area contributed by atoms with Crippen LogP contribution in [0.25, 0.3) is 0 Å². The van der Waals surface area contributed by atoms with Crippen LogP contribution in [0.2, 0.25) is 0 Å². The van der Waals surface area contributed by atoms with Crippen molar-refractivity contribution < 1.29 is 8.42 Å². The van der Waals surface area contributed by atoms with Crippen molar-refractivity contribution in [3.05, 3.63) is 45.9 Å². The van der Waals surface area contributed by atoms with E-state index in [9.17, 15) is 8.42 Å². The maximum absolute atomic E-state index is 12.3. The van der Waals surface area contributed by atoms with Gasteiger partial charge in [-0.05, 0) is 37.6 Å². The fraction of sp³-hybridized carbons (Fsp3) is 0.231. The Morgan fingerprint density at radius 3 is 2.75 bits per heavy atom. The molecular formula is C13H13N3O2S2. The lowest BCUT2D eigenvalue weighted by molar-refractivity contribution is 0.566. The molecule has 20 heavy (non-hydrogen) atoms. The molecule has 0 radical (unpaired) electrons. The Bertz CT molecular complexity index is 746. The molecule has 7 heteroatoms. The minimum Gasteiger partial charge on any atom is -0.248 e. The number of sulfonamides is 1. The van der Waals surface area contributed by atoms with E-state index in [1.165, 1.54) is 29.5 Å². The molecule has 1 aromatic carbocycles. The van der Waals surface area contributed by atoms with Crippen LogP contribution in [0.1, 0.15) is 29.1 Å². The van der Waals surface area contributed by atoms with E-state index in [4.69, 9.17) is 5.26 Å². The molecule has 5 nitrogen and oxygen atoms in total. The van der Waals surface area contributed by atoms with Gasteiger partial charge in [-0.25, -0.2) is 18.1 Å². The molecule has 0 aliphatic heterocycles. The van der Waals surface area contributed by atoms with Gasteiger partial charge in [0.05, 0.1) is 22.6 Å². The zero-order valence-corrected chi connectivity index (χ0v) is 12.6. The third-order valence-corrected chi connectivity index (χ3v) is 5.28. The fourth-order valence-corrected chi connectivity index (χ4v) is 3.74. The zero-order valence-electron chi connectivity index (χ0n) is 11.0. The summed E-state index contributed by atoms with van der Waals surface area (Å²) in [7, 11) is -3.63. The van der Waals surface area contributed by atoms with Crippen molar-refractivity contribution in [2.45, 2.75) is 24.8 Å². The van der Waals surface area contributed by atoms with Crippen LogP contribution in [0, 0.1) is 18.3 Å². The normalized spacial score (nSPS) is 12.8. The molecular weight excluding hydrogens is 294 g/mol. The lowest BCUT2D eigenvalue weighted by atomic mass is 10.1. The van der Waals surface area contributed by atoms with Crippen molar-refractivity contribution >= 4 is 21.4 Å². The van der Waals surface area contributed by atoms with Gasteiger partial charge in [-0.1, -0.05) is 0 Å². The number of aromatic nitrogens is 1. The van der Waals surface area contributed by atoms with Gasteiger partial charge >= 0.3 is 0 Å². The summed E-state index contributed by atoms with van der Waals surface area (Å²) < 4.78 is 27.1. The van der Waals surface area contributed by atoms with Crippen molar-refractivity contribution in [3.63, 3.8) is 0 Å². The molecule has 0 spiro atoms. The predicted octanol–water partition coefficient (Wildman–Crippen LogP) is 2.36. The molecule has 0 aliphatic rings. The average molecular weight is 307 g/mol. The van der Waals surface area contributed by atoms with E-state index >= 15 is 0 Å². The zero-order chi connectivity index (χ0) is 14.8. The van der Waals surface area contributed by atoms with Crippen molar-refractivity contribution in [3.8, 4) is 6.07 Å². The van der Waals surface area contributed by atoms with Crippen LogP contribution in [0.4, 0.5) is 0 Å². The third-order valence-electron chi connectivity index (χ3n) is 2.78. The molecule has 0 aliphatic carbocycles. The molecule has 1 heterocycles. The second-order valence-corrected chi connectivity index (χ2v) is 6.94. The second kappa shape index (κ2) is 5.71. The van der Waals surface area contributed by atoms with Crippen LogP contribution in [-0.2, 0) is 10.0 Å². The van der Waals surface area contributed by atoms with Gasteiger partial charge in [0, 0.05) is 11.6 Å². The highest BCUT2D eigenvalue weighted by atomic mass is 32.2.